The quantitative estimate of drug-likeness (QED) is 0.159. The Morgan fingerprint density at radius 2 is 1.30 bits per heavy atom. The zero-order valence-corrected chi connectivity index (χ0v) is 26.7. The van der Waals surface area contributed by atoms with Gasteiger partial charge in [-0.15, -0.1) is 0 Å². The van der Waals surface area contributed by atoms with E-state index < -0.39 is 0 Å². The van der Waals surface area contributed by atoms with Crippen molar-refractivity contribution in [1.82, 2.24) is 30.6 Å². The third-order valence-corrected chi connectivity index (χ3v) is 12.7. The Labute approximate surface area is 274 Å². The minimum Gasteiger partial charge on any atom is -0.341 e. The van der Waals surface area contributed by atoms with E-state index in [4.69, 9.17) is 9.97 Å². The molecule has 3 aromatic carbocycles. The number of hydrogen-bond acceptors (Lipinski definition) is 5. The third-order valence-electron chi connectivity index (χ3n) is 12.7. The van der Waals surface area contributed by atoms with Crippen LogP contribution in [0, 0.1) is 0 Å². The van der Waals surface area contributed by atoms with Crippen molar-refractivity contribution in [1.29, 1.82) is 0 Å². The molecule has 2 saturated carbocycles. The first kappa shape index (κ1) is 26.9. The van der Waals surface area contributed by atoms with Crippen LogP contribution in [0.2, 0.25) is 0 Å². The molecule has 47 heavy (non-hydrogen) atoms. The zero-order chi connectivity index (χ0) is 30.8. The topological polar surface area (TPSA) is 98.5 Å². The molecular weight excluding hydrogens is 580 g/mol. The molecule has 4 bridgehead atoms. The van der Waals surface area contributed by atoms with Crippen LogP contribution in [0.15, 0.2) is 48.7 Å². The number of imidazole rings is 2. The van der Waals surface area contributed by atoms with Crippen LogP contribution in [-0.4, -0.2) is 38.8 Å². The number of carbonyl (C=O) groups is 1. The van der Waals surface area contributed by atoms with Gasteiger partial charge in [-0.1, -0.05) is 30.3 Å². The van der Waals surface area contributed by atoms with Crippen molar-refractivity contribution in [2.45, 2.75) is 93.5 Å². The molecule has 0 radical (unpaired) electrons. The summed E-state index contributed by atoms with van der Waals surface area (Å²) in [5.41, 5.74) is 15.4. The SMILES string of the molecule is O=C1C2CCC1c1c(-c3ccc(-c4ccc5nc([C@@H]6CCCN6)[nH]c5c4)c4c3C3CCC4C3)ccc(-c3cnc([C@@H]4CCCN4)[nH]3)c12. The molecule has 11 rings (SSSR count). The predicted octanol–water partition coefficient (Wildman–Crippen LogP) is 8.04. The number of nitrogens with zero attached hydrogens (tertiary/aromatic N) is 2. The summed E-state index contributed by atoms with van der Waals surface area (Å²) in [7, 11) is 0. The van der Waals surface area contributed by atoms with Gasteiger partial charge in [0.1, 0.15) is 17.4 Å². The molecule has 2 aromatic heterocycles. The number of H-pyrrole nitrogens is 2. The molecule has 7 nitrogen and oxygen atoms in total. The maximum absolute atomic E-state index is 13.8. The lowest BCUT2D eigenvalue weighted by atomic mass is 9.77. The van der Waals surface area contributed by atoms with E-state index in [1.54, 1.807) is 11.1 Å². The molecule has 6 aliphatic rings. The number of rotatable bonds is 5. The monoisotopic (exact) mass is 620 g/mol. The Kier molecular flexibility index (Phi) is 5.72. The molecule has 4 N–H and O–H groups in total. The number of hydrogen-bond donors (Lipinski definition) is 4. The van der Waals surface area contributed by atoms with Gasteiger partial charge in [0.2, 0.25) is 0 Å². The number of Topliss-reactive ketones (excluding diaryl/α,β-unsaturated/α-hetero) is 1. The third kappa shape index (κ3) is 3.84. The highest BCUT2D eigenvalue weighted by Crippen LogP contribution is 2.61. The smallest absolute Gasteiger partial charge is 0.147 e. The number of fused-ring (bicyclic) bond motifs is 11. The van der Waals surface area contributed by atoms with E-state index in [1.807, 2.05) is 6.20 Å². The summed E-state index contributed by atoms with van der Waals surface area (Å²) in [5.74, 6) is 3.75. The molecule has 2 aliphatic heterocycles. The zero-order valence-electron chi connectivity index (χ0n) is 26.7. The fourth-order valence-electron chi connectivity index (χ4n) is 10.6. The van der Waals surface area contributed by atoms with Crippen LogP contribution in [0.3, 0.4) is 0 Å². The minimum absolute atomic E-state index is 0.00975. The number of ketones is 1. The lowest BCUT2D eigenvalue weighted by Crippen LogP contribution is -2.14. The number of aromatic nitrogens is 4. The summed E-state index contributed by atoms with van der Waals surface area (Å²) >= 11 is 0. The predicted molar refractivity (Wildman–Crippen MR) is 184 cm³/mol. The summed E-state index contributed by atoms with van der Waals surface area (Å²) in [6, 6.07) is 16.8. The average molecular weight is 621 g/mol. The molecule has 6 atom stereocenters. The van der Waals surface area contributed by atoms with Crippen molar-refractivity contribution < 1.29 is 4.79 Å². The van der Waals surface area contributed by atoms with Gasteiger partial charge in [0.15, 0.2) is 0 Å². The van der Waals surface area contributed by atoms with Crippen LogP contribution >= 0.6 is 0 Å². The number of carbonyl (C=O) groups excluding carboxylic acids is 1. The van der Waals surface area contributed by atoms with E-state index in [0.29, 0.717) is 29.7 Å². The average Bonchev–Trinajstić information content (AvgIpc) is 3.95. The normalized spacial score (nSPS) is 28.6. The first-order valence-corrected chi connectivity index (χ1v) is 18.1. The van der Waals surface area contributed by atoms with Gasteiger partial charge in [-0.25, -0.2) is 9.97 Å². The summed E-state index contributed by atoms with van der Waals surface area (Å²) in [5, 5.41) is 7.16. The van der Waals surface area contributed by atoms with E-state index in [0.717, 1.165) is 67.1 Å². The maximum Gasteiger partial charge on any atom is 0.147 e. The van der Waals surface area contributed by atoms with Gasteiger partial charge in [0.05, 0.1) is 35.0 Å². The van der Waals surface area contributed by atoms with E-state index in [-0.39, 0.29) is 11.8 Å². The Bertz CT molecular complexity index is 2110. The van der Waals surface area contributed by atoms with Crippen molar-refractivity contribution in [3.63, 3.8) is 0 Å². The number of nitrogens with one attached hydrogen (secondary N) is 4. The first-order valence-electron chi connectivity index (χ1n) is 18.1. The van der Waals surface area contributed by atoms with Crippen LogP contribution in [0.25, 0.3) is 44.5 Å². The van der Waals surface area contributed by atoms with E-state index >= 15 is 0 Å². The second-order valence-corrected chi connectivity index (χ2v) is 15.1. The Balaban J connectivity index is 1.04. The summed E-state index contributed by atoms with van der Waals surface area (Å²) in [6.07, 6.45) is 12.4. The molecule has 0 amide bonds. The van der Waals surface area contributed by atoms with Crippen LogP contribution in [0.5, 0.6) is 0 Å². The second-order valence-electron chi connectivity index (χ2n) is 15.1. The standard InChI is InChI=1S/C40H40N6O/c47-38-27-12-13-28(38)37-26(33-19-43-39(46-33)30-3-1-15-41-30)11-10-25(36(27)37)24-9-8-23(34-21-5-6-22(17-21)35(24)34)20-7-14-29-32(18-20)45-40(44-29)31-4-2-16-42-31/h7-11,14,18-19,21-22,27-28,30-31,41-42H,1-6,12-13,15-17H2,(H,43,46)(H,44,45)/t21?,22?,27?,28?,30-,31-/m0/s1. The van der Waals surface area contributed by atoms with Crippen molar-refractivity contribution in [3.8, 4) is 33.5 Å². The highest BCUT2D eigenvalue weighted by Gasteiger charge is 2.49. The molecule has 4 fully saturated rings. The highest BCUT2D eigenvalue weighted by molar-refractivity contribution is 6.04. The van der Waals surface area contributed by atoms with Crippen molar-refractivity contribution in [3.05, 3.63) is 82.6 Å². The van der Waals surface area contributed by atoms with Gasteiger partial charge < -0.3 is 20.6 Å². The van der Waals surface area contributed by atoms with Crippen molar-refractivity contribution in [2.24, 2.45) is 0 Å². The van der Waals surface area contributed by atoms with Crippen molar-refractivity contribution >= 4 is 16.8 Å². The summed E-state index contributed by atoms with van der Waals surface area (Å²) in [6.45, 7) is 2.11. The van der Waals surface area contributed by atoms with Crippen LogP contribution in [0.1, 0.15) is 127 Å². The van der Waals surface area contributed by atoms with Gasteiger partial charge >= 0.3 is 0 Å². The Morgan fingerprint density at radius 1 is 0.638 bits per heavy atom. The van der Waals surface area contributed by atoms with Gasteiger partial charge in [0, 0.05) is 17.4 Å². The summed E-state index contributed by atoms with van der Waals surface area (Å²) < 4.78 is 0. The van der Waals surface area contributed by atoms with E-state index in [9.17, 15) is 4.79 Å². The molecule has 236 valence electrons. The van der Waals surface area contributed by atoms with Crippen LogP contribution < -0.4 is 10.6 Å². The molecule has 7 heteroatoms. The molecule has 4 heterocycles. The van der Waals surface area contributed by atoms with Gasteiger partial charge in [-0.05, 0) is 139 Å². The highest BCUT2D eigenvalue weighted by atomic mass is 16.1. The largest absolute Gasteiger partial charge is 0.341 e. The lowest BCUT2D eigenvalue weighted by Gasteiger charge is -2.26. The van der Waals surface area contributed by atoms with Gasteiger partial charge in [-0.2, -0.15) is 0 Å². The fourth-order valence-corrected chi connectivity index (χ4v) is 10.6. The molecule has 4 unspecified atom stereocenters. The Morgan fingerprint density at radius 3 is 2.04 bits per heavy atom. The molecule has 5 aromatic rings. The van der Waals surface area contributed by atoms with Crippen LogP contribution in [-0.2, 0) is 4.79 Å². The second kappa shape index (κ2) is 9.97. The van der Waals surface area contributed by atoms with Crippen molar-refractivity contribution in [2.75, 3.05) is 13.1 Å². The number of benzene rings is 3. The molecule has 2 saturated heterocycles. The molecular formula is C40H40N6O. The van der Waals surface area contributed by atoms with Gasteiger partial charge in [-0.3, -0.25) is 4.79 Å². The lowest BCUT2D eigenvalue weighted by molar-refractivity contribution is -0.119. The molecule has 0 spiro atoms. The van der Waals surface area contributed by atoms with Crippen LogP contribution in [0.4, 0.5) is 0 Å². The fraction of sp³-hybridized carbons (Fsp3) is 0.425. The van der Waals surface area contributed by atoms with Gasteiger partial charge in [0.25, 0.3) is 0 Å². The minimum atomic E-state index is 0.00975. The maximum atomic E-state index is 13.8. The Hall–Kier alpha value is -4.07. The number of aromatic amines is 2. The van der Waals surface area contributed by atoms with E-state index in [1.165, 1.54) is 71.0 Å². The molecule has 4 aliphatic carbocycles. The van der Waals surface area contributed by atoms with E-state index in [2.05, 4.69) is 63.1 Å². The first-order chi connectivity index (χ1) is 23.2. The summed E-state index contributed by atoms with van der Waals surface area (Å²) in [4.78, 5) is 30.8.